The highest BCUT2D eigenvalue weighted by atomic mass is 16.6. The van der Waals surface area contributed by atoms with Crippen LogP contribution in [0.5, 0.6) is 11.5 Å². The molecule has 4 aromatic rings. The maximum absolute atomic E-state index is 12.5. The number of hydrogen-bond acceptors (Lipinski definition) is 9. The largest absolute Gasteiger partial charge is 0.497 e. The number of piperidine rings is 2. The van der Waals surface area contributed by atoms with Crippen molar-refractivity contribution in [3.8, 4) is 22.6 Å². The second-order valence-electron chi connectivity index (χ2n) is 14.2. The molecule has 11 heteroatoms. The van der Waals surface area contributed by atoms with E-state index in [0.29, 0.717) is 31.8 Å². The van der Waals surface area contributed by atoms with Gasteiger partial charge < -0.3 is 29.3 Å². The molecule has 254 valence electrons. The summed E-state index contributed by atoms with van der Waals surface area (Å²) in [4.78, 5) is 24.3. The number of methoxy groups -OCH3 is 1. The van der Waals surface area contributed by atoms with Crippen LogP contribution in [0.15, 0.2) is 67.1 Å². The number of nitrogens with zero attached hydrogens (tertiary/aromatic N) is 6. The lowest BCUT2D eigenvalue weighted by atomic mass is 9.87. The Balaban J connectivity index is 0.941. The average Bonchev–Trinajstić information content (AvgIpc) is 3.55. The summed E-state index contributed by atoms with van der Waals surface area (Å²) in [5, 5.41) is 8.06. The number of rotatable bonds is 10. The van der Waals surface area contributed by atoms with Gasteiger partial charge in [0.05, 0.1) is 25.0 Å². The number of likely N-dealkylation sites (tertiary alicyclic amines) is 1. The van der Waals surface area contributed by atoms with E-state index in [-0.39, 0.29) is 12.1 Å². The summed E-state index contributed by atoms with van der Waals surface area (Å²) >= 11 is 0. The topological polar surface area (TPSA) is 96.7 Å². The van der Waals surface area contributed by atoms with Gasteiger partial charge in [-0.05, 0) is 82.0 Å². The zero-order valence-corrected chi connectivity index (χ0v) is 28.5. The van der Waals surface area contributed by atoms with Crippen molar-refractivity contribution in [2.75, 3.05) is 51.3 Å². The molecule has 0 aliphatic carbocycles. The van der Waals surface area contributed by atoms with E-state index in [1.807, 2.05) is 62.1 Å². The van der Waals surface area contributed by atoms with Gasteiger partial charge in [-0.15, -0.1) is 0 Å². The Hall–Kier alpha value is -4.35. The van der Waals surface area contributed by atoms with Crippen molar-refractivity contribution < 1.29 is 19.0 Å². The summed E-state index contributed by atoms with van der Waals surface area (Å²) in [6.45, 7) is 11.3. The van der Waals surface area contributed by atoms with E-state index in [1.54, 1.807) is 12.0 Å². The maximum atomic E-state index is 12.5. The molecule has 3 unspecified atom stereocenters. The number of fused-ring (bicyclic) bond motifs is 3. The molecule has 48 heavy (non-hydrogen) atoms. The molecule has 0 saturated carbocycles. The van der Waals surface area contributed by atoms with Crippen molar-refractivity contribution in [1.29, 1.82) is 0 Å². The molecule has 1 aromatic carbocycles. The lowest BCUT2D eigenvalue weighted by molar-refractivity contribution is 0.0187. The maximum Gasteiger partial charge on any atom is 0.410 e. The molecule has 3 atom stereocenters. The van der Waals surface area contributed by atoms with E-state index in [0.717, 1.165) is 73.0 Å². The third-order valence-electron chi connectivity index (χ3n) is 9.52. The number of pyridine rings is 2. The minimum atomic E-state index is -0.493. The van der Waals surface area contributed by atoms with E-state index in [4.69, 9.17) is 19.2 Å². The van der Waals surface area contributed by atoms with Crippen LogP contribution in [-0.2, 0) is 11.3 Å². The lowest BCUT2D eigenvalue weighted by Crippen LogP contribution is -2.69. The van der Waals surface area contributed by atoms with E-state index in [1.165, 1.54) is 12.0 Å². The molecule has 1 N–H and O–H groups in total. The first-order chi connectivity index (χ1) is 23.2. The molecule has 7 heterocycles. The second-order valence-corrected chi connectivity index (χ2v) is 14.2. The number of hydrogen-bond donors (Lipinski definition) is 1. The van der Waals surface area contributed by atoms with Gasteiger partial charge in [0, 0.05) is 74.7 Å². The Morgan fingerprint density at radius 3 is 2.56 bits per heavy atom. The summed E-state index contributed by atoms with van der Waals surface area (Å²) in [6, 6.07) is 18.0. The molecule has 3 aromatic heterocycles. The molecule has 0 spiro atoms. The summed E-state index contributed by atoms with van der Waals surface area (Å²) in [5.41, 5.74) is 3.90. The van der Waals surface area contributed by atoms with Crippen LogP contribution in [0, 0.1) is 0 Å². The second kappa shape index (κ2) is 13.6. The third kappa shape index (κ3) is 7.22. The van der Waals surface area contributed by atoms with Crippen molar-refractivity contribution in [3.05, 3.63) is 72.7 Å². The van der Waals surface area contributed by atoms with E-state index >= 15 is 0 Å². The van der Waals surface area contributed by atoms with Gasteiger partial charge in [0.25, 0.3) is 0 Å². The van der Waals surface area contributed by atoms with Crippen molar-refractivity contribution in [2.45, 2.75) is 70.3 Å². The monoisotopic (exact) mass is 653 g/mol. The van der Waals surface area contributed by atoms with E-state index < -0.39 is 5.60 Å². The number of carbonyl (C=O) groups excluding carboxylic acids is 1. The van der Waals surface area contributed by atoms with Gasteiger partial charge >= 0.3 is 6.09 Å². The standard InChI is InChI=1S/C37H47N7O4/c1-37(2,3)48-36(45)42-16-5-6-28(22-42)38-15-17-47-32-19-33(34-13-14-40-43(34)25-32)27-9-12-35(39-20-27)44-29-18-30(44)24-41(23-29)21-26-7-10-31(46-4)11-8-26/h7-14,19-20,25,28-30,38H,5-6,15-18,21-24H2,1-4H3. The predicted molar refractivity (Wildman–Crippen MR) is 186 cm³/mol. The Labute approximate surface area is 282 Å². The minimum Gasteiger partial charge on any atom is -0.497 e. The fraction of sp³-hybridized carbons (Fsp3) is 0.486. The van der Waals surface area contributed by atoms with Crippen LogP contribution < -0.4 is 19.7 Å². The number of nitrogens with one attached hydrogen (secondary N) is 1. The van der Waals surface area contributed by atoms with Crippen molar-refractivity contribution in [1.82, 2.24) is 29.7 Å². The number of piperazine rings is 1. The number of amides is 1. The van der Waals surface area contributed by atoms with Gasteiger partial charge in [0.15, 0.2) is 0 Å². The molecule has 4 saturated heterocycles. The van der Waals surface area contributed by atoms with Crippen LogP contribution in [-0.4, -0.2) is 101 Å². The predicted octanol–water partition coefficient (Wildman–Crippen LogP) is 5.24. The number of anilines is 1. The summed E-state index contributed by atoms with van der Waals surface area (Å²) in [5.74, 6) is 2.69. The number of carbonyl (C=O) groups is 1. The van der Waals surface area contributed by atoms with Crippen LogP contribution in [0.4, 0.5) is 10.6 Å². The zero-order valence-electron chi connectivity index (χ0n) is 28.5. The first kappa shape index (κ1) is 32.2. The first-order valence-corrected chi connectivity index (χ1v) is 17.1. The van der Waals surface area contributed by atoms with Gasteiger partial charge in [0.2, 0.25) is 0 Å². The Morgan fingerprint density at radius 1 is 1.02 bits per heavy atom. The zero-order chi connectivity index (χ0) is 33.3. The molecule has 0 radical (unpaired) electrons. The highest BCUT2D eigenvalue weighted by molar-refractivity contribution is 5.81. The van der Waals surface area contributed by atoms with Crippen LogP contribution in [0.2, 0.25) is 0 Å². The molecule has 8 rings (SSSR count). The van der Waals surface area contributed by atoms with Crippen molar-refractivity contribution in [3.63, 3.8) is 0 Å². The van der Waals surface area contributed by atoms with Crippen LogP contribution in [0.1, 0.15) is 45.6 Å². The number of benzene rings is 1. The first-order valence-electron chi connectivity index (χ1n) is 17.1. The van der Waals surface area contributed by atoms with Gasteiger partial charge in [-0.3, -0.25) is 4.90 Å². The van der Waals surface area contributed by atoms with Crippen molar-refractivity contribution >= 4 is 17.4 Å². The molecule has 4 aliphatic rings. The summed E-state index contributed by atoms with van der Waals surface area (Å²) < 4.78 is 19.0. The van der Waals surface area contributed by atoms with Crippen LogP contribution in [0.25, 0.3) is 16.6 Å². The van der Waals surface area contributed by atoms with Gasteiger partial charge in [-0.25, -0.2) is 14.3 Å². The molecule has 4 aliphatic heterocycles. The number of aromatic nitrogens is 3. The summed E-state index contributed by atoms with van der Waals surface area (Å²) in [6.07, 6.45) is 8.66. The molecular weight excluding hydrogens is 606 g/mol. The minimum absolute atomic E-state index is 0.214. The Morgan fingerprint density at radius 2 is 1.83 bits per heavy atom. The smallest absolute Gasteiger partial charge is 0.410 e. The molecular formula is C37H47N7O4. The van der Waals surface area contributed by atoms with Gasteiger partial charge in [-0.1, -0.05) is 12.1 Å². The normalized spacial score (nSPS) is 21.2. The van der Waals surface area contributed by atoms with Crippen molar-refractivity contribution in [2.24, 2.45) is 0 Å². The summed E-state index contributed by atoms with van der Waals surface area (Å²) in [7, 11) is 1.70. The molecule has 2 bridgehead atoms. The molecule has 1 amide bonds. The van der Waals surface area contributed by atoms with Crippen LogP contribution in [0.3, 0.4) is 0 Å². The van der Waals surface area contributed by atoms with Crippen LogP contribution >= 0.6 is 0 Å². The third-order valence-corrected chi connectivity index (χ3v) is 9.52. The highest BCUT2D eigenvalue weighted by Gasteiger charge is 2.45. The van der Waals surface area contributed by atoms with E-state index in [9.17, 15) is 4.79 Å². The molecule has 4 fully saturated rings. The van der Waals surface area contributed by atoms with E-state index in [2.05, 4.69) is 50.5 Å². The van der Waals surface area contributed by atoms with Gasteiger partial charge in [0.1, 0.15) is 29.5 Å². The Bertz CT molecular complexity index is 1690. The van der Waals surface area contributed by atoms with Gasteiger partial charge in [-0.2, -0.15) is 5.10 Å². The quantitative estimate of drug-likeness (QED) is 0.231. The fourth-order valence-corrected chi connectivity index (χ4v) is 7.27. The lowest BCUT2D eigenvalue weighted by Gasteiger charge is -2.57. The Kier molecular flexibility index (Phi) is 9.15. The number of ether oxygens (including phenoxy) is 3. The highest BCUT2D eigenvalue weighted by Crippen LogP contribution is 2.38. The SMILES string of the molecule is COc1ccc(CN2CC3CC(C2)N3c2ccc(-c3cc(OCCNC4CCCN(C(=O)OC(C)(C)C)C4)cn4nccc34)cn2)cc1. The fourth-order valence-electron chi connectivity index (χ4n) is 7.27. The molecule has 11 nitrogen and oxygen atoms in total. The average molecular weight is 654 g/mol.